The molecular formula is C24H18Cl2N2O3. The summed E-state index contributed by atoms with van der Waals surface area (Å²) in [5.41, 5.74) is 1.97. The number of hydrogen-bond donors (Lipinski definition) is 1. The lowest BCUT2D eigenvalue weighted by molar-refractivity contribution is -0.112. The SMILES string of the molecule is COc1ccc(NC(=O)/C(C#N)=C/c2cccc(OCc3ccc(Cl)cc3Cl)c2)cc1. The lowest BCUT2D eigenvalue weighted by atomic mass is 10.1. The van der Waals surface area contributed by atoms with Crippen LogP contribution in [0.15, 0.2) is 72.3 Å². The maximum Gasteiger partial charge on any atom is 0.266 e. The summed E-state index contributed by atoms with van der Waals surface area (Å²) in [5.74, 6) is 0.741. The number of ether oxygens (including phenoxy) is 2. The number of nitrogens with zero attached hydrogens (tertiary/aromatic N) is 1. The van der Waals surface area contributed by atoms with E-state index in [1.165, 1.54) is 6.08 Å². The van der Waals surface area contributed by atoms with Crippen molar-refractivity contribution in [3.63, 3.8) is 0 Å². The van der Waals surface area contributed by atoms with Crippen molar-refractivity contribution in [2.75, 3.05) is 12.4 Å². The number of anilines is 1. The summed E-state index contributed by atoms with van der Waals surface area (Å²) in [6.07, 6.45) is 1.50. The van der Waals surface area contributed by atoms with Crippen LogP contribution in [0.3, 0.4) is 0 Å². The highest BCUT2D eigenvalue weighted by Gasteiger charge is 2.10. The van der Waals surface area contributed by atoms with Crippen LogP contribution in [0, 0.1) is 11.3 Å². The number of benzene rings is 3. The molecular weight excluding hydrogens is 435 g/mol. The van der Waals surface area contributed by atoms with Crippen molar-refractivity contribution in [2.45, 2.75) is 6.61 Å². The van der Waals surface area contributed by atoms with Crippen LogP contribution in [0.5, 0.6) is 11.5 Å². The molecule has 156 valence electrons. The third-order valence-electron chi connectivity index (χ3n) is 4.29. The fourth-order valence-electron chi connectivity index (χ4n) is 2.68. The second kappa shape index (κ2) is 10.5. The first-order valence-corrected chi connectivity index (χ1v) is 9.98. The third kappa shape index (κ3) is 6.26. The van der Waals surface area contributed by atoms with Crippen molar-refractivity contribution in [3.8, 4) is 17.6 Å². The van der Waals surface area contributed by atoms with Gasteiger partial charge in [0.25, 0.3) is 5.91 Å². The van der Waals surface area contributed by atoms with Gasteiger partial charge in [-0.05, 0) is 60.2 Å². The summed E-state index contributed by atoms with van der Waals surface area (Å²) in [6.45, 7) is 0.256. The average molecular weight is 453 g/mol. The predicted octanol–water partition coefficient (Wildman–Crippen LogP) is 6.13. The van der Waals surface area contributed by atoms with Crippen LogP contribution in [0.4, 0.5) is 5.69 Å². The summed E-state index contributed by atoms with van der Waals surface area (Å²) in [7, 11) is 1.56. The van der Waals surface area contributed by atoms with E-state index in [1.54, 1.807) is 73.8 Å². The van der Waals surface area contributed by atoms with E-state index in [0.717, 1.165) is 5.56 Å². The fourth-order valence-corrected chi connectivity index (χ4v) is 3.15. The second-order valence-electron chi connectivity index (χ2n) is 6.45. The molecule has 0 saturated heterocycles. The zero-order valence-electron chi connectivity index (χ0n) is 16.6. The van der Waals surface area contributed by atoms with Crippen molar-refractivity contribution >= 4 is 40.9 Å². The normalized spacial score (nSPS) is 10.8. The molecule has 0 heterocycles. The van der Waals surface area contributed by atoms with Gasteiger partial charge in [0.05, 0.1) is 7.11 Å². The van der Waals surface area contributed by atoms with Gasteiger partial charge in [-0.25, -0.2) is 0 Å². The van der Waals surface area contributed by atoms with Gasteiger partial charge in [0.1, 0.15) is 29.7 Å². The van der Waals surface area contributed by atoms with Crippen LogP contribution < -0.4 is 14.8 Å². The molecule has 0 fully saturated rings. The molecule has 1 N–H and O–H groups in total. The zero-order valence-corrected chi connectivity index (χ0v) is 18.1. The lowest BCUT2D eigenvalue weighted by Crippen LogP contribution is -2.13. The quantitative estimate of drug-likeness (QED) is 0.345. The van der Waals surface area contributed by atoms with Crippen LogP contribution >= 0.6 is 23.2 Å². The molecule has 3 rings (SSSR count). The van der Waals surface area contributed by atoms with Gasteiger partial charge in [-0.1, -0.05) is 41.4 Å². The average Bonchev–Trinajstić information content (AvgIpc) is 2.77. The monoisotopic (exact) mass is 452 g/mol. The molecule has 3 aromatic carbocycles. The van der Waals surface area contributed by atoms with E-state index in [4.69, 9.17) is 32.7 Å². The number of amides is 1. The Balaban J connectivity index is 1.70. The summed E-state index contributed by atoms with van der Waals surface area (Å²) < 4.78 is 10.9. The van der Waals surface area contributed by atoms with E-state index in [-0.39, 0.29) is 12.2 Å². The number of nitriles is 1. The molecule has 0 saturated carbocycles. The minimum absolute atomic E-state index is 0.0336. The molecule has 0 aliphatic heterocycles. The molecule has 5 nitrogen and oxygen atoms in total. The highest BCUT2D eigenvalue weighted by molar-refractivity contribution is 6.35. The van der Waals surface area contributed by atoms with E-state index < -0.39 is 5.91 Å². The Hall–Kier alpha value is -3.46. The molecule has 0 aliphatic carbocycles. The molecule has 0 radical (unpaired) electrons. The van der Waals surface area contributed by atoms with E-state index in [1.807, 2.05) is 6.07 Å². The molecule has 31 heavy (non-hydrogen) atoms. The second-order valence-corrected chi connectivity index (χ2v) is 7.29. The number of carbonyl (C=O) groups is 1. The Kier molecular flexibility index (Phi) is 7.55. The highest BCUT2D eigenvalue weighted by atomic mass is 35.5. The molecule has 0 unspecified atom stereocenters. The van der Waals surface area contributed by atoms with Crippen LogP contribution in [0.25, 0.3) is 6.08 Å². The lowest BCUT2D eigenvalue weighted by Gasteiger charge is -2.09. The summed E-state index contributed by atoms with van der Waals surface area (Å²) in [6, 6.07) is 21.0. The summed E-state index contributed by atoms with van der Waals surface area (Å²) in [4.78, 5) is 12.5. The van der Waals surface area contributed by atoms with Crippen LogP contribution in [0.2, 0.25) is 10.0 Å². The van der Waals surface area contributed by atoms with Gasteiger partial charge in [-0.3, -0.25) is 4.79 Å². The summed E-state index contributed by atoms with van der Waals surface area (Å²) >= 11 is 12.1. The molecule has 0 spiro atoms. The smallest absolute Gasteiger partial charge is 0.266 e. The van der Waals surface area contributed by atoms with Crippen LogP contribution in [-0.4, -0.2) is 13.0 Å². The van der Waals surface area contributed by atoms with Gasteiger partial charge in [0.2, 0.25) is 0 Å². The Labute approximate surface area is 190 Å². The van der Waals surface area contributed by atoms with Crippen molar-refractivity contribution < 1.29 is 14.3 Å². The first-order chi connectivity index (χ1) is 15.0. The Morgan fingerprint density at radius 1 is 1.06 bits per heavy atom. The largest absolute Gasteiger partial charge is 0.497 e. The first-order valence-electron chi connectivity index (χ1n) is 9.22. The van der Waals surface area contributed by atoms with E-state index >= 15 is 0 Å². The van der Waals surface area contributed by atoms with Gasteiger partial charge in [0.15, 0.2) is 0 Å². The third-order valence-corrected chi connectivity index (χ3v) is 4.88. The minimum Gasteiger partial charge on any atom is -0.497 e. The highest BCUT2D eigenvalue weighted by Crippen LogP contribution is 2.24. The number of methoxy groups -OCH3 is 1. The van der Waals surface area contributed by atoms with Crippen molar-refractivity contribution in [1.82, 2.24) is 0 Å². The number of hydrogen-bond acceptors (Lipinski definition) is 4. The van der Waals surface area contributed by atoms with Gasteiger partial charge in [-0.15, -0.1) is 0 Å². The van der Waals surface area contributed by atoms with Gasteiger partial charge < -0.3 is 14.8 Å². The van der Waals surface area contributed by atoms with Crippen LogP contribution in [-0.2, 0) is 11.4 Å². The first kappa shape index (κ1) is 22.2. The Morgan fingerprint density at radius 3 is 2.52 bits per heavy atom. The van der Waals surface area contributed by atoms with Gasteiger partial charge >= 0.3 is 0 Å². The van der Waals surface area contributed by atoms with E-state index in [0.29, 0.717) is 32.8 Å². The standard InChI is InChI=1S/C24H18Cl2N2O3/c1-30-21-9-7-20(8-10-21)28-24(29)18(14-27)11-16-3-2-4-22(12-16)31-15-17-5-6-19(25)13-23(17)26/h2-13H,15H2,1H3,(H,28,29)/b18-11+. The van der Waals surface area contributed by atoms with Gasteiger partial charge in [0, 0.05) is 21.3 Å². The number of halogens is 2. The fraction of sp³-hybridized carbons (Fsp3) is 0.0833. The maximum atomic E-state index is 12.5. The molecule has 1 amide bonds. The zero-order chi connectivity index (χ0) is 22.2. The molecule has 7 heteroatoms. The topological polar surface area (TPSA) is 71.3 Å². The molecule has 3 aromatic rings. The summed E-state index contributed by atoms with van der Waals surface area (Å²) in [5, 5.41) is 13.2. The molecule has 0 bridgehead atoms. The minimum atomic E-state index is -0.507. The van der Waals surface area contributed by atoms with E-state index in [2.05, 4.69) is 5.32 Å². The molecule has 0 atom stereocenters. The predicted molar refractivity (Wildman–Crippen MR) is 122 cm³/mol. The Bertz CT molecular complexity index is 1150. The van der Waals surface area contributed by atoms with E-state index in [9.17, 15) is 10.1 Å². The Morgan fingerprint density at radius 2 is 1.84 bits per heavy atom. The molecule has 0 aliphatic rings. The van der Waals surface area contributed by atoms with Crippen molar-refractivity contribution in [1.29, 1.82) is 5.26 Å². The van der Waals surface area contributed by atoms with Crippen molar-refractivity contribution in [3.05, 3.63) is 93.5 Å². The van der Waals surface area contributed by atoms with Crippen molar-refractivity contribution in [2.24, 2.45) is 0 Å². The maximum absolute atomic E-state index is 12.5. The number of carbonyl (C=O) groups excluding carboxylic acids is 1. The molecule has 0 aromatic heterocycles. The number of rotatable bonds is 7. The van der Waals surface area contributed by atoms with Crippen LogP contribution in [0.1, 0.15) is 11.1 Å². The number of nitrogens with one attached hydrogen (secondary N) is 1. The van der Waals surface area contributed by atoms with Gasteiger partial charge in [-0.2, -0.15) is 5.26 Å².